The molecule has 11 rings (SSSR count). The summed E-state index contributed by atoms with van der Waals surface area (Å²) < 4.78 is 6.21. The molecule has 11 aromatic rings. The zero-order valence-electron chi connectivity index (χ0n) is 28.9. The Balaban J connectivity index is 1.19. The highest BCUT2D eigenvalue weighted by Gasteiger charge is 2.21. The third-order valence-corrected chi connectivity index (χ3v) is 11.0. The van der Waals surface area contributed by atoms with E-state index in [0.717, 1.165) is 21.9 Å². The molecular formula is C52H32O. The van der Waals surface area contributed by atoms with Gasteiger partial charge in [-0.15, -0.1) is 0 Å². The molecule has 0 aliphatic heterocycles. The van der Waals surface area contributed by atoms with Crippen molar-refractivity contribution in [2.24, 2.45) is 0 Å². The fourth-order valence-electron chi connectivity index (χ4n) is 8.61. The second-order valence-corrected chi connectivity index (χ2v) is 14.0. The lowest BCUT2D eigenvalue weighted by Gasteiger charge is -2.21. The van der Waals surface area contributed by atoms with Gasteiger partial charge in [0.05, 0.1) is 0 Å². The van der Waals surface area contributed by atoms with Gasteiger partial charge in [0.2, 0.25) is 0 Å². The molecule has 1 heterocycles. The van der Waals surface area contributed by atoms with Gasteiger partial charge in [0.15, 0.2) is 0 Å². The average molecular weight is 673 g/mol. The van der Waals surface area contributed by atoms with Gasteiger partial charge in [0.25, 0.3) is 0 Å². The van der Waals surface area contributed by atoms with Crippen molar-refractivity contribution in [2.45, 2.75) is 0 Å². The van der Waals surface area contributed by atoms with E-state index in [-0.39, 0.29) is 0 Å². The second-order valence-electron chi connectivity index (χ2n) is 14.0. The molecule has 1 aromatic heterocycles. The third-order valence-electron chi connectivity index (χ3n) is 11.0. The van der Waals surface area contributed by atoms with E-state index in [1.54, 1.807) is 0 Å². The Morgan fingerprint density at radius 2 is 0.755 bits per heavy atom. The summed E-state index contributed by atoms with van der Waals surface area (Å²) in [6.45, 7) is 0. The van der Waals surface area contributed by atoms with Gasteiger partial charge in [-0.05, 0) is 124 Å². The first-order valence-corrected chi connectivity index (χ1v) is 18.3. The summed E-state index contributed by atoms with van der Waals surface area (Å²) in [6, 6.07) is 70.8. The van der Waals surface area contributed by atoms with Crippen LogP contribution in [0.25, 0.3) is 110 Å². The maximum atomic E-state index is 6.21. The third kappa shape index (κ3) is 4.71. The van der Waals surface area contributed by atoms with E-state index < -0.39 is 0 Å². The molecule has 1 nitrogen and oxygen atoms in total. The molecule has 0 saturated carbocycles. The van der Waals surface area contributed by atoms with Crippen molar-refractivity contribution in [3.8, 4) is 44.5 Å². The van der Waals surface area contributed by atoms with Gasteiger partial charge in [-0.3, -0.25) is 0 Å². The number of hydrogen-bond donors (Lipinski definition) is 0. The lowest BCUT2D eigenvalue weighted by Crippen LogP contribution is -1.94. The van der Waals surface area contributed by atoms with Gasteiger partial charge in [-0.1, -0.05) is 158 Å². The summed E-state index contributed by atoms with van der Waals surface area (Å²) in [6.07, 6.45) is 0. The minimum Gasteiger partial charge on any atom is -0.456 e. The smallest absolute Gasteiger partial charge is 0.135 e. The maximum absolute atomic E-state index is 6.21. The minimum atomic E-state index is 0.910. The minimum absolute atomic E-state index is 0.910. The van der Waals surface area contributed by atoms with Gasteiger partial charge >= 0.3 is 0 Å². The molecule has 1 heteroatoms. The highest BCUT2D eigenvalue weighted by Crippen LogP contribution is 2.48. The molecule has 10 aromatic carbocycles. The monoisotopic (exact) mass is 672 g/mol. The summed E-state index contributed by atoms with van der Waals surface area (Å²) >= 11 is 0. The predicted octanol–water partition coefficient (Wildman–Crippen LogP) is 14.9. The zero-order chi connectivity index (χ0) is 34.9. The first-order chi connectivity index (χ1) is 26.3. The molecule has 0 fully saturated rings. The van der Waals surface area contributed by atoms with Crippen molar-refractivity contribution in [2.75, 3.05) is 0 Å². The van der Waals surface area contributed by atoms with E-state index >= 15 is 0 Å². The predicted molar refractivity (Wildman–Crippen MR) is 225 cm³/mol. The van der Waals surface area contributed by atoms with Crippen molar-refractivity contribution in [1.82, 2.24) is 0 Å². The van der Waals surface area contributed by atoms with E-state index in [9.17, 15) is 0 Å². The SMILES string of the molecule is c1ccc(-c2c3ccccc3c(-c3cc(-c4ccc5oc6ccccc6c5c4)cc4ccccc34)c3ccccc23)c(-c2ccc3ccccc3c2)c1. The van der Waals surface area contributed by atoms with Gasteiger partial charge in [-0.25, -0.2) is 0 Å². The van der Waals surface area contributed by atoms with E-state index in [2.05, 4.69) is 182 Å². The Morgan fingerprint density at radius 3 is 1.49 bits per heavy atom. The highest BCUT2D eigenvalue weighted by molar-refractivity contribution is 6.24. The van der Waals surface area contributed by atoms with Crippen LogP contribution >= 0.6 is 0 Å². The molecule has 0 saturated heterocycles. The van der Waals surface area contributed by atoms with Crippen LogP contribution in [0.5, 0.6) is 0 Å². The molecule has 0 bridgehead atoms. The molecule has 0 aliphatic rings. The fraction of sp³-hybridized carbons (Fsp3) is 0. The molecular weight excluding hydrogens is 641 g/mol. The van der Waals surface area contributed by atoms with Crippen LogP contribution in [0.4, 0.5) is 0 Å². The van der Waals surface area contributed by atoms with Crippen LogP contribution < -0.4 is 0 Å². The lowest BCUT2D eigenvalue weighted by molar-refractivity contribution is 0.669. The summed E-state index contributed by atoms with van der Waals surface area (Å²) in [5.41, 5.74) is 11.6. The molecule has 0 amide bonds. The summed E-state index contributed by atoms with van der Waals surface area (Å²) in [5.74, 6) is 0. The largest absolute Gasteiger partial charge is 0.456 e. The first kappa shape index (κ1) is 29.7. The molecule has 0 spiro atoms. The second kappa shape index (κ2) is 11.8. The Kier molecular flexibility index (Phi) is 6.62. The Labute approximate surface area is 307 Å². The molecule has 0 aliphatic carbocycles. The van der Waals surface area contributed by atoms with Crippen molar-refractivity contribution >= 4 is 65.0 Å². The topological polar surface area (TPSA) is 13.1 Å². The number of fused-ring (bicyclic) bond motifs is 7. The molecule has 0 atom stereocenters. The molecule has 53 heavy (non-hydrogen) atoms. The number of para-hydroxylation sites is 1. The Hall–Kier alpha value is -6.96. The van der Waals surface area contributed by atoms with Gasteiger partial charge < -0.3 is 4.42 Å². The van der Waals surface area contributed by atoms with Crippen LogP contribution in [0.1, 0.15) is 0 Å². The number of rotatable bonds is 4. The van der Waals surface area contributed by atoms with Crippen LogP contribution in [0.15, 0.2) is 199 Å². The molecule has 246 valence electrons. The molecule has 0 radical (unpaired) electrons. The normalized spacial score (nSPS) is 11.8. The van der Waals surface area contributed by atoms with E-state index in [1.807, 2.05) is 12.1 Å². The van der Waals surface area contributed by atoms with Gasteiger partial charge in [0.1, 0.15) is 11.2 Å². The zero-order valence-corrected chi connectivity index (χ0v) is 28.9. The van der Waals surface area contributed by atoms with Crippen molar-refractivity contribution in [1.29, 1.82) is 0 Å². The lowest BCUT2D eigenvalue weighted by atomic mass is 9.82. The van der Waals surface area contributed by atoms with Crippen LogP contribution in [0.2, 0.25) is 0 Å². The summed E-state index contributed by atoms with van der Waals surface area (Å²) in [7, 11) is 0. The Morgan fingerprint density at radius 1 is 0.245 bits per heavy atom. The Bertz CT molecular complexity index is 3180. The number of hydrogen-bond acceptors (Lipinski definition) is 1. The van der Waals surface area contributed by atoms with Crippen LogP contribution in [0, 0.1) is 0 Å². The quantitative estimate of drug-likeness (QED) is 0.170. The maximum Gasteiger partial charge on any atom is 0.135 e. The standard InChI is InChI=1S/C52H32O/c1-2-14-34-29-37(26-25-33(34)13-1)39-16-5-6-19-42(39)51-43-20-7-9-22-45(43)52(46-23-10-8-21-44(46)51)48-32-38(30-36-15-3-4-17-40(36)48)35-27-28-50-47(31-35)41-18-11-12-24-49(41)53-50/h1-32H. The van der Waals surface area contributed by atoms with Crippen LogP contribution in [-0.4, -0.2) is 0 Å². The van der Waals surface area contributed by atoms with Crippen LogP contribution in [0.3, 0.4) is 0 Å². The van der Waals surface area contributed by atoms with Crippen molar-refractivity contribution in [3.05, 3.63) is 194 Å². The first-order valence-electron chi connectivity index (χ1n) is 18.3. The summed E-state index contributed by atoms with van der Waals surface area (Å²) in [4.78, 5) is 0. The van der Waals surface area contributed by atoms with Gasteiger partial charge in [-0.2, -0.15) is 0 Å². The molecule has 0 N–H and O–H groups in total. The van der Waals surface area contributed by atoms with Crippen LogP contribution in [-0.2, 0) is 0 Å². The highest BCUT2D eigenvalue weighted by atomic mass is 16.3. The average Bonchev–Trinajstić information content (AvgIpc) is 3.60. The van der Waals surface area contributed by atoms with Crippen molar-refractivity contribution < 1.29 is 4.42 Å². The number of furan rings is 1. The van der Waals surface area contributed by atoms with E-state index in [0.29, 0.717) is 0 Å². The van der Waals surface area contributed by atoms with Gasteiger partial charge in [0, 0.05) is 10.8 Å². The summed E-state index contributed by atoms with van der Waals surface area (Å²) in [5, 5.41) is 12.2. The molecule has 0 unspecified atom stereocenters. The fourth-order valence-corrected chi connectivity index (χ4v) is 8.61. The number of benzene rings is 10. The van der Waals surface area contributed by atoms with Crippen molar-refractivity contribution in [3.63, 3.8) is 0 Å². The van der Waals surface area contributed by atoms with E-state index in [4.69, 9.17) is 4.42 Å². The van der Waals surface area contributed by atoms with E-state index in [1.165, 1.54) is 87.6 Å².